The van der Waals surface area contributed by atoms with E-state index in [1.807, 2.05) is 19.1 Å². The van der Waals surface area contributed by atoms with Crippen molar-refractivity contribution < 1.29 is 9.53 Å². The number of rotatable bonds is 4. The third-order valence-corrected chi connectivity index (χ3v) is 1.97. The van der Waals surface area contributed by atoms with Crippen LogP contribution >= 0.6 is 0 Å². The van der Waals surface area contributed by atoms with Crippen LogP contribution < -0.4 is 0 Å². The molecule has 15 heavy (non-hydrogen) atoms. The monoisotopic (exact) mass is 204 g/mol. The quantitative estimate of drug-likeness (QED) is 0.556. The molecule has 0 spiro atoms. The van der Waals surface area contributed by atoms with Gasteiger partial charge >= 0.3 is 5.97 Å². The molecule has 80 valence electrons. The first-order chi connectivity index (χ1) is 7.13. The molecule has 1 aromatic carbocycles. The van der Waals surface area contributed by atoms with E-state index in [-0.39, 0.29) is 5.97 Å². The van der Waals surface area contributed by atoms with Gasteiger partial charge in [0.15, 0.2) is 0 Å². The van der Waals surface area contributed by atoms with Gasteiger partial charge in [-0.15, -0.1) is 0 Å². The Kier molecular flexibility index (Phi) is 4.10. The van der Waals surface area contributed by atoms with Crippen molar-refractivity contribution in [2.24, 2.45) is 0 Å². The van der Waals surface area contributed by atoms with Crippen LogP contribution in [-0.2, 0) is 11.2 Å². The largest absolute Gasteiger partial charge is 0.462 e. The SMILES string of the molecule is C=C(C)Cc1ccc(C(=O)OCC)cc1. The molecule has 0 amide bonds. The van der Waals surface area contributed by atoms with Gasteiger partial charge < -0.3 is 4.74 Å². The van der Waals surface area contributed by atoms with Crippen molar-refractivity contribution in [3.8, 4) is 0 Å². The lowest BCUT2D eigenvalue weighted by Crippen LogP contribution is -2.04. The Hall–Kier alpha value is -1.57. The van der Waals surface area contributed by atoms with Crippen molar-refractivity contribution in [3.05, 3.63) is 47.5 Å². The minimum Gasteiger partial charge on any atom is -0.462 e. The van der Waals surface area contributed by atoms with Gasteiger partial charge in [-0.1, -0.05) is 24.3 Å². The van der Waals surface area contributed by atoms with E-state index in [0.717, 1.165) is 17.6 Å². The summed E-state index contributed by atoms with van der Waals surface area (Å²) in [5.74, 6) is -0.264. The summed E-state index contributed by atoms with van der Waals surface area (Å²) in [6.45, 7) is 8.04. The lowest BCUT2D eigenvalue weighted by molar-refractivity contribution is 0.0526. The number of hydrogen-bond donors (Lipinski definition) is 0. The molecule has 0 radical (unpaired) electrons. The first-order valence-corrected chi connectivity index (χ1v) is 5.04. The molecule has 1 aromatic rings. The van der Waals surface area contributed by atoms with E-state index < -0.39 is 0 Å². The highest BCUT2D eigenvalue weighted by molar-refractivity contribution is 5.89. The summed E-state index contributed by atoms with van der Waals surface area (Å²) in [7, 11) is 0. The minimum atomic E-state index is -0.264. The minimum absolute atomic E-state index is 0.264. The number of hydrogen-bond acceptors (Lipinski definition) is 2. The zero-order chi connectivity index (χ0) is 11.3. The average Bonchev–Trinajstić information content (AvgIpc) is 2.18. The van der Waals surface area contributed by atoms with Gasteiger partial charge in [-0.2, -0.15) is 0 Å². The second-order valence-electron chi connectivity index (χ2n) is 3.55. The highest BCUT2D eigenvalue weighted by atomic mass is 16.5. The molecule has 0 aliphatic heterocycles. The number of ether oxygens (including phenoxy) is 1. The topological polar surface area (TPSA) is 26.3 Å². The molecule has 0 aliphatic carbocycles. The Labute approximate surface area is 90.6 Å². The molecular weight excluding hydrogens is 188 g/mol. The van der Waals surface area contributed by atoms with Crippen molar-refractivity contribution in [1.29, 1.82) is 0 Å². The van der Waals surface area contributed by atoms with E-state index in [2.05, 4.69) is 6.58 Å². The first kappa shape index (κ1) is 11.5. The summed E-state index contributed by atoms with van der Waals surface area (Å²) < 4.78 is 4.89. The van der Waals surface area contributed by atoms with Gasteiger partial charge in [0.25, 0.3) is 0 Å². The maximum Gasteiger partial charge on any atom is 0.338 e. The Morgan fingerprint density at radius 2 is 1.93 bits per heavy atom. The van der Waals surface area contributed by atoms with Crippen molar-refractivity contribution in [3.63, 3.8) is 0 Å². The second-order valence-corrected chi connectivity index (χ2v) is 3.55. The third kappa shape index (κ3) is 3.58. The average molecular weight is 204 g/mol. The zero-order valence-electron chi connectivity index (χ0n) is 9.25. The second kappa shape index (κ2) is 5.35. The van der Waals surface area contributed by atoms with Gasteiger partial charge in [0, 0.05) is 0 Å². The summed E-state index contributed by atoms with van der Waals surface area (Å²) >= 11 is 0. The summed E-state index contributed by atoms with van der Waals surface area (Å²) in [6.07, 6.45) is 0.850. The molecule has 0 heterocycles. The van der Waals surface area contributed by atoms with Crippen LogP contribution in [0.5, 0.6) is 0 Å². The molecule has 0 N–H and O–H groups in total. The molecule has 0 aliphatic rings. The smallest absolute Gasteiger partial charge is 0.338 e. The van der Waals surface area contributed by atoms with Crippen molar-refractivity contribution >= 4 is 5.97 Å². The maximum absolute atomic E-state index is 11.3. The zero-order valence-corrected chi connectivity index (χ0v) is 9.25. The molecule has 2 nitrogen and oxygen atoms in total. The van der Waals surface area contributed by atoms with Gasteiger partial charge in [0.2, 0.25) is 0 Å². The number of esters is 1. The van der Waals surface area contributed by atoms with E-state index in [9.17, 15) is 4.79 Å². The molecule has 2 heteroatoms. The van der Waals surface area contributed by atoms with Gasteiger partial charge in [0.05, 0.1) is 12.2 Å². The van der Waals surface area contributed by atoms with Gasteiger partial charge in [-0.3, -0.25) is 0 Å². The lowest BCUT2D eigenvalue weighted by atomic mass is 10.1. The highest BCUT2D eigenvalue weighted by Crippen LogP contribution is 2.09. The molecule has 0 bridgehead atoms. The molecule has 0 aromatic heterocycles. The van der Waals surface area contributed by atoms with E-state index in [1.165, 1.54) is 0 Å². The molecule has 0 unspecified atom stereocenters. The lowest BCUT2D eigenvalue weighted by Gasteiger charge is -2.03. The van der Waals surface area contributed by atoms with E-state index >= 15 is 0 Å². The number of benzene rings is 1. The third-order valence-electron chi connectivity index (χ3n) is 1.97. The summed E-state index contributed by atoms with van der Waals surface area (Å²) in [5, 5.41) is 0. The van der Waals surface area contributed by atoms with Crippen LogP contribution in [0.15, 0.2) is 36.4 Å². The van der Waals surface area contributed by atoms with Crippen LogP contribution in [0.25, 0.3) is 0 Å². The fourth-order valence-electron chi connectivity index (χ4n) is 1.32. The van der Waals surface area contributed by atoms with Crippen molar-refractivity contribution in [1.82, 2.24) is 0 Å². The van der Waals surface area contributed by atoms with Gasteiger partial charge in [0.1, 0.15) is 0 Å². The Balaban J connectivity index is 2.71. The van der Waals surface area contributed by atoms with Crippen LogP contribution in [-0.4, -0.2) is 12.6 Å². The fraction of sp³-hybridized carbons (Fsp3) is 0.308. The number of carbonyl (C=O) groups excluding carboxylic acids is 1. The van der Waals surface area contributed by atoms with Crippen LogP contribution in [0.4, 0.5) is 0 Å². The van der Waals surface area contributed by atoms with Crippen LogP contribution in [0.2, 0.25) is 0 Å². The van der Waals surface area contributed by atoms with E-state index in [1.54, 1.807) is 19.1 Å². The predicted molar refractivity (Wildman–Crippen MR) is 60.9 cm³/mol. The number of allylic oxidation sites excluding steroid dienone is 1. The number of carbonyl (C=O) groups is 1. The highest BCUT2D eigenvalue weighted by Gasteiger charge is 2.05. The standard InChI is InChI=1S/C13H16O2/c1-4-15-13(14)12-7-5-11(6-8-12)9-10(2)3/h5-8H,2,4,9H2,1,3H3. The Bertz CT molecular complexity index is 349. The van der Waals surface area contributed by atoms with E-state index in [0.29, 0.717) is 12.2 Å². The summed E-state index contributed by atoms with van der Waals surface area (Å²) in [5.41, 5.74) is 2.87. The van der Waals surface area contributed by atoms with Gasteiger partial charge in [-0.05, 0) is 38.0 Å². The van der Waals surface area contributed by atoms with Crippen LogP contribution in [0.3, 0.4) is 0 Å². The van der Waals surface area contributed by atoms with Crippen molar-refractivity contribution in [2.45, 2.75) is 20.3 Å². The van der Waals surface area contributed by atoms with Crippen molar-refractivity contribution in [2.75, 3.05) is 6.61 Å². The first-order valence-electron chi connectivity index (χ1n) is 5.04. The maximum atomic E-state index is 11.3. The van der Waals surface area contributed by atoms with Crippen LogP contribution in [0, 0.1) is 0 Å². The summed E-state index contributed by atoms with van der Waals surface area (Å²) in [6, 6.07) is 7.44. The van der Waals surface area contributed by atoms with E-state index in [4.69, 9.17) is 4.74 Å². The fourth-order valence-corrected chi connectivity index (χ4v) is 1.32. The van der Waals surface area contributed by atoms with Crippen LogP contribution in [0.1, 0.15) is 29.8 Å². The molecule has 1 rings (SSSR count). The molecule has 0 atom stereocenters. The molecule has 0 fully saturated rings. The Morgan fingerprint density at radius 1 is 1.33 bits per heavy atom. The molecule has 0 saturated heterocycles. The Morgan fingerprint density at radius 3 is 2.40 bits per heavy atom. The molecule has 0 saturated carbocycles. The normalized spacial score (nSPS) is 9.73. The predicted octanol–water partition coefficient (Wildman–Crippen LogP) is 2.98. The summed E-state index contributed by atoms with van der Waals surface area (Å²) in [4.78, 5) is 11.3. The van der Waals surface area contributed by atoms with Gasteiger partial charge in [-0.25, -0.2) is 4.79 Å². The molecular formula is C13H16O2.